The Bertz CT molecular complexity index is 336. The van der Waals surface area contributed by atoms with Crippen molar-refractivity contribution in [2.75, 3.05) is 19.3 Å². The average molecular weight is 241 g/mol. The Balaban J connectivity index is 2.47. The Morgan fingerprint density at radius 3 is 3.00 bits per heavy atom. The number of halogens is 1. The molecule has 0 fully saturated rings. The highest BCUT2D eigenvalue weighted by molar-refractivity contribution is 9.10. The third kappa shape index (κ3) is 1.71. The monoisotopic (exact) mass is 240 g/mol. The molecule has 0 amide bonds. The molecule has 3 heteroatoms. The Labute approximate surface area is 86.9 Å². The van der Waals surface area contributed by atoms with Gasteiger partial charge in [-0.3, -0.25) is 0 Å². The lowest BCUT2D eigenvalue weighted by Gasteiger charge is -2.26. The van der Waals surface area contributed by atoms with E-state index in [1.807, 2.05) is 6.07 Å². The molecule has 1 aromatic rings. The number of fused-ring (bicyclic) bond motifs is 1. The van der Waals surface area contributed by atoms with E-state index >= 15 is 0 Å². The molecule has 0 spiro atoms. The fourth-order valence-electron chi connectivity index (χ4n) is 1.81. The molecule has 1 aromatic carbocycles. The van der Waals surface area contributed by atoms with Gasteiger partial charge in [-0.25, -0.2) is 0 Å². The quantitative estimate of drug-likeness (QED) is 0.704. The molecule has 0 bridgehead atoms. The molecule has 70 valence electrons. The first-order valence-electron chi connectivity index (χ1n) is 4.42. The van der Waals surface area contributed by atoms with E-state index in [4.69, 9.17) is 5.73 Å². The molecule has 1 aliphatic heterocycles. The minimum Gasteiger partial charge on any atom is -0.399 e. The summed E-state index contributed by atoms with van der Waals surface area (Å²) in [6, 6.07) is 4.07. The topological polar surface area (TPSA) is 29.3 Å². The van der Waals surface area contributed by atoms with Gasteiger partial charge in [0.1, 0.15) is 0 Å². The van der Waals surface area contributed by atoms with Crippen molar-refractivity contribution in [2.24, 2.45) is 0 Å². The summed E-state index contributed by atoms with van der Waals surface area (Å²) in [6.07, 6.45) is 1.12. The second-order valence-electron chi connectivity index (χ2n) is 3.63. The molecule has 0 saturated heterocycles. The highest BCUT2D eigenvalue weighted by Gasteiger charge is 2.15. The van der Waals surface area contributed by atoms with E-state index in [0.29, 0.717) is 0 Å². The van der Waals surface area contributed by atoms with Crippen molar-refractivity contribution in [2.45, 2.75) is 13.0 Å². The zero-order chi connectivity index (χ0) is 9.42. The molecular formula is C10H13BrN2. The van der Waals surface area contributed by atoms with E-state index in [0.717, 1.165) is 29.7 Å². The van der Waals surface area contributed by atoms with Crippen LogP contribution in [-0.2, 0) is 13.0 Å². The second kappa shape index (κ2) is 3.31. The van der Waals surface area contributed by atoms with E-state index in [-0.39, 0.29) is 0 Å². The Hall–Kier alpha value is -0.540. The smallest absolute Gasteiger partial charge is 0.0328 e. The standard InChI is InChI=1S/C10H13BrN2/c1-13-3-2-9-7(6-13)4-8(12)5-10(9)11/h4-5H,2-3,6,12H2,1H3. The zero-order valence-corrected chi connectivity index (χ0v) is 9.26. The Kier molecular flexibility index (Phi) is 2.30. The summed E-state index contributed by atoms with van der Waals surface area (Å²) < 4.78 is 1.16. The van der Waals surface area contributed by atoms with Crippen LogP contribution in [0.15, 0.2) is 16.6 Å². The third-order valence-electron chi connectivity index (χ3n) is 2.49. The lowest BCUT2D eigenvalue weighted by atomic mass is 10.00. The summed E-state index contributed by atoms with van der Waals surface area (Å²) in [5.41, 5.74) is 9.41. The first kappa shape index (κ1) is 9.03. The fourth-order valence-corrected chi connectivity index (χ4v) is 2.53. The summed E-state index contributed by atoms with van der Waals surface area (Å²) in [6.45, 7) is 2.15. The number of nitrogens with two attached hydrogens (primary N) is 1. The SMILES string of the molecule is CN1CCc2c(Br)cc(N)cc2C1. The summed E-state index contributed by atoms with van der Waals surface area (Å²) >= 11 is 3.55. The number of anilines is 1. The number of nitrogen functional groups attached to an aromatic ring is 1. The van der Waals surface area contributed by atoms with Gasteiger partial charge in [-0.2, -0.15) is 0 Å². The minimum atomic E-state index is 0.848. The molecule has 1 aliphatic rings. The van der Waals surface area contributed by atoms with Gasteiger partial charge in [-0.05, 0) is 36.7 Å². The van der Waals surface area contributed by atoms with Crippen molar-refractivity contribution in [1.29, 1.82) is 0 Å². The molecule has 0 saturated carbocycles. The molecule has 0 aliphatic carbocycles. The van der Waals surface area contributed by atoms with E-state index in [9.17, 15) is 0 Å². The van der Waals surface area contributed by atoms with Gasteiger partial charge in [0.15, 0.2) is 0 Å². The van der Waals surface area contributed by atoms with Crippen molar-refractivity contribution < 1.29 is 0 Å². The summed E-state index contributed by atoms with van der Waals surface area (Å²) in [4.78, 5) is 2.31. The largest absolute Gasteiger partial charge is 0.399 e. The fraction of sp³-hybridized carbons (Fsp3) is 0.400. The zero-order valence-electron chi connectivity index (χ0n) is 7.68. The van der Waals surface area contributed by atoms with Gasteiger partial charge in [0, 0.05) is 23.2 Å². The molecule has 0 unspecified atom stereocenters. The van der Waals surface area contributed by atoms with Gasteiger partial charge in [0.05, 0.1) is 0 Å². The van der Waals surface area contributed by atoms with Crippen molar-refractivity contribution in [3.8, 4) is 0 Å². The van der Waals surface area contributed by atoms with Crippen molar-refractivity contribution >= 4 is 21.6 Å². The van der Waals surface area contributed by atoms with Crippen LogP contribution in [0, 0.1) is 0 Å². The number of hydrogen-bond donors (Lipinski definition) is 1. The molecule has 0 radical (unpaired) electrons. The van der Waals surface area contributed by atoms with Crippen molar-refractivity contribution in [1.82, 2.24) is 4.90 Å². The van der Waals surface area contributed by atoms with Gasteiger partial charge in [-0.15, -0.1) is 0 Å². The van der Waals surface area contributed by atoms with Crippen LogP contribution in [0.4, 0.5) is 5.69 Å². The van der Waals surface area contributed by atoms with Crippen LogP contribution < -0.4 is 5.73 Å². The molecule has 0 aromatic heterocycles. The molecular weight excluding hydrogens is 228 g/mol. The molecule has 0 atom stereocenters. The number of likely N-dealkylation sites (N-methyl/N-ethyl adjacent to an activating group) is 1. The minimum absolute atomic E-state index is 0.848. The van der Waals surface area contributed by atoms with E-state index < -0.39 is 0 Å². The van der Waals surface area contributed by atoms with Gasteiger partial charge in [0.25, 0.3) is 0 Å². The Morgan fingerprint density at radius 1 is 1.46 bits per heavy atom. The predicted octanol–water partition coefficient (Wildman–Crippen LogP) is 2.02. The normalized spacial score (nSPS) is 17.1. The molecule has 2 rings (SSSR count). The number of rotatable bonds is 0. The lowest BCUT2D eigenvalue weighted by molar-refractivity contribution is 0.312. The molecule has 2 N–H and O–H groups in total. The first-order valence-corrected chi connectivity index (χ1v) is 5.21. The van der Waals surface area contributed by atoms with Crippen LogP contribution >= 0.6 is 15.9 Å². The molecule has 2 nitrogen and oxygen atoms in total. The first-order chi connectivity index (χ1) is 6.16. The maximum absolute atomic E-state index is 5.78. The highest BCUT2D eigenvalue weighted by Crippen LogP contribution is 2.28. The van der Waals surface area contributed by atoms with Gasteiger partial charge >= 0.3 is 0 Å². The molecule has 1 heterocycles. The van der Waals surface area contributed by atoms with Crippen molar-refractivity contribution in [3.05, 3.63) is 27.7 Å². The van der Waals surface area contributed by atoms with E-state index in [2.05, 4.69) is 33.9 Å². The summed E-state index contributed by atoms with van der Waals surface area (Å²) in [7, 11) is 2.14. The van der Waals surface area contributed by atoms with Crippen LogP contribution in [0.5, 0.6) is 0 Å². The lowest BCUT2D eigenvalue weighted by Crippen LogP contribution is -2.26. The van der Waals surface area contributed by atoms with Crippen LogP contribution in [-0.4, -0.2) is 18.5 Å². The third-order valence-corrected chi connectivity index (χ3v) is 3.20. The maximum Gasteiger partial charge on any atom is 0.0328 e. The van der Waals surface area contributed by atoms with E-state index in [1.54, 1.807) is 0 Å². The van der Waals surface area contributed by atoms with Crippen LogP contribution in [0.2, 0.25) is 0 Å². The highest BCUT2D eigenvalue weighted by atomic mass is 79.9. The molecule has 13 heavy (non-hydrogen) atoms. The summed E-state index contributed by atoms with van der Waals surface area (Å²) in [5, 5.41) is 0. The Morgan fingerprint density at radius 2 is 2.23 bits per heavy atom. The van der Waals surface area contributed by atoms with Crippen LogP contribution in [0.3, 0.4) is 0 Å². The van der Waals surface area contributed by atoms with Gasteiger partial charge in [-0.1, -0.05) is 15.9 Å². The van der Waals surface area contributed by atoms with Crippen LogP contribution in [0.25, 0.3) is 0 Å². The summed E-state index contributed by atoms with van der Waals surface area (Å²) in [5.74, 6) is 0. The van der Waals surface area contributed by atoms with Crippen molar-refractivity contribution in [3.63, 3.8) is 0 Å². The predicted molar refractivity (Wildman–Crippen MR) is 58.6 cm³/mol. The number of hydrogen-bond acceptors (Lipinski definition) is 2. The maximum atomic E-state index is 5.78. The van der Waals surface area contributed by atoms with Gasteiger partial charge < -0.3 is 10.6 Å². The van der Waals surface area contributed by atoms with E-state index in [1.165, 1.54) is 11.1 Å². The van der Waals surface area contributed by atoms with Gasteiger partial charge in [0.2, 0.25) is 0 Å². The van der Waals surface area contributed by atoms with Crippen LogP contribution in [0.1, 0.15) is 11.1 Å². The number of benzene rings is 1. The number of nitrogens with zero attached hydrogens (tertiary/aromatic N) is 1. The second-order valence-corrected chi connectivity index (χ2v) is 4.48. The average Bonchev–Trinajstić information content (AvgIpc) is 2.02.